The number of halogens is 1. The highest BCUT2D eigenvalue weighted by atomic mass is 32.2. The predicted molar refractivity (Wildman–Crippen MR) is 140 cm³/mol. The molecule has 10 heteroatoms. The van der Waals surface area contributed by atoms with Crippen molar-refractivity contribution >= 4 is 32.7 Å². The van der Waals surface area contributed by atoms with Crippen LogP contribution in [0.5, 0.6) is 0 Å². The minimum absolute atomic E-state index is 0.0665. The monoisotopic (exact) mass is 508 g/mol. The van der Waals surface area contributed by atoms with Gasteiger partial charge in [-0.25, -0.2) is 21.8 Å². The van der Waals surface area contributed by atoms with Crippen molar-refractivity contribution in [2.24, 2.45) is 0 Å². The van der Waals surface area contributed by atoms with E-state index in [2.05, 4.69) is 34.3 Å². The van der Waals surface area contributed by atoms with Crippen molar-refractivity contribution in [3.8, 4) is 11.3 Å². The Morgan fingerprint density at radius 3 is 2.44 bits per heavy atom. The lowest BCUT2D eigenvalue weighted by atomic mass is 9.91. The van der Waals surface area contributed by atoms with Gasteiger partial charge in [0.05, 0.1) is 16.3 Å². The largest absolute Gasteiger partial charge is 0.396 e. The Bertz CT molecular complexity index is 1500. The second kappa shape index (κ2) is 9.51. The number of nitrogens with zero attached hydrogens (tertiary/aromatic N) is 4. The van der Waals surface area contributed by atoms with Gasteiger partial charge in [0.2, 0.25) is 5.95 Å². The molecule has 2 aromatic heterocycles. The van der Waals surface area contributed by atoms with E-state index in [-0.39, 0.29) is 22.3 Å². The number of hydrogen-bond acceptors (Lipinski definition) is 7. The Kier molecular flexibility index (Phi) is 6.40. The number of aromatic nitrogens is 3. The molecule has 0 bridgehead atoms. The second-order valence-corrected chi connectivity index (χ2v) is 11.2. The minimum Gasteiger partial charge on any atom is -0.396 e. The van der Waals surface area contributed by atoms with Crippen LogP contribution in [0.2, 0.25) is 0 Å². The van der Waals surface area contributed by atoms with Gasteiger partial charge in [-0.05, 0) is 76.2 Å². The first-order valence-corrected chi connectivity index (χ1v) is 13.4. The fourth-order valence-corrected chi connectivity index (χ4v) is 6.30. The van der Waals surface area contributed by atoms with E-state index in [9.17, 15) is 12.8 Å². The number of anilines is 2. The fourth-order valence-electron chi connectivity index (χ4n) is 4.80. The molecule has 1 aliphatic rings. The summed E-state index contributed by atoms with van der Waals surface area (Å²) in [6.07, 6.45) is 5.72. The van der Waals surface area contributed by atoms with Gasteiger partial charge in [-0.2, -0.15) is 4.98 Å². The molecule has 0 atom stereocenters. The average molecular weight is 509 g/mol. The average Bonchev–Trinajstić information content (AvgIpc) is 3.26. The predicted octanol–water partition coefficient (Wildman–Crippen LogP) is 4.34. The van der Waals surface area contributed by atoms with Gasteiger partial charge in [-0.15, -0.1) is 0 Å². The molecule has 3 N–H and O–H groups in total. The van der Waals surface area contributed by atoms with Crippen LogP contribution in [-0.4, -0.2) is 53.4 Å². The van der Waals surface area contributed by atoms with Crippen molar-refractivity contribution in [2.75, 3.05) is 25.1 Å². The quantitative estimate of drug-likeness (QED) is 0.373. The van der Waals surface area contributed by atoms with E-state index in [0.717, 1.165) is 25.7 Å². The van der Waals surface area contributed by atoms with E-state index in [1.54, 1.807) is 30.5 Å². The molecule has 0 amide bonds. The normalized spacial score (nSPS) is 18.6. The highest BCUT2D eigenvalue weighted by Gasteiger charge is 2.27. The summed E-state index contributed by atoms with van der Waals surface area (Å²) in [5.74, 6) is -0.189. The van der Waals surface area contributed by atoms with Crippen molar-refractivity contribution in [1.29, 1.82) is 0 Å². The molecule has 188 valence electrons. The number of nitrogens with two attached hydrogens (primary N) is 1. The van der Waals surface area contributed by atoms with Crippen LogP contribution in [0.15, 0.2) is 65.7 Å². The molecule has 1 saturated carbocycles. The maximum absolute atomic E-state index is 13.9. The Morgan fingerprint density at radius 1 is 1.06 bits per heavy atom. The molecule has 0 radical (unpaired) electrons. The highest BCUT2D eigenvalue weighted by molar-refractivity contribution is 7.90. The summed E-state index contributed by atoms with van der Waals surface area (Å²) in [4.78, 5) is 11.5. The van der Waals surface area contributed by atoms with Crippen molar-refractivity contribution in [1.82, 2.24) is 18.8 Å². The SMILES string of the molecule is CN(C)C1CCC(Nc2ncc3cc(-c4ccc(F)c(N)c4)n(S(=O)(=O)c4ccccc4)c3n2)CC1. The fraction of sp³-hybridized carbons (Fsp3) is 0.308. The van der Waals surface area contributed by atoms with Crippen LogP contribution in [0, 0.1) is 5.82 Å². The number of rotatable bonds is 6. The van der Waals surface area contributed by atoms with Gasteiger partial charge in [0.1, 0.15) is 5.82 Å². The number of nitrogen functional groups attached to an aromatic ring is 1. The summed E-state index contributed by atoms with van der Waals surface area (Å²) in [6, 6.07) is 14.8. The first-order chi connectivity index (χ1) is 17.2. The van der Waals surface area contributed by atoms with Crippen LogP contribution in [-0.2, 0) is 10.0 Å². The molecule has 0 saturated heterocycles. The second-order valence-electron chi connectivity index (χ2n) is 9.43. The molecule has 1 fully saturated rings. The standard InChI is InChI=1S/C26H29FN6O2S/c1-32(2)20-11-9-19(10-12-20)30-26-29-16-18-15-24(17-8-13-22(27)23(28)14-17)33(25(18)31-26)36(34,35)21-6-4-3-5-7-21/h3-8,13-16,19-20H,9-12,28H2,1-2H3,(H,29,30,31). The first kappa shape index (κ1) is 24.2. The smallest absolute Gasteiger partial charge is 0.269 e. The third-order valence-corrected chi connectivity index (χ3v) is 8.55. The molecule has 36 heavy (non-hydrogen) atoms. The minimum atomic E-state index is -4.03. The summed E-state index contributed by atoms with van der Waals surface area (Å²) in [5, 5.41) is 3.95. The summed E-state index contributed by atoms with van der Waals surface area (Å²) >= 11 is 0. The van der Waals surface area contributed by atoms with E-state index >= 15 is 0 Å². The van der Waals surface area contributed by atoms with E-state index in [4.69, 9.17) is 5.73 Å². The Hall–Kier alpha value is -3.50. The van der Waals surface area contributed by atoms with Gasteiger partial charge in [0.25, 0.3) is 10.0 Å². The van der Waals surface area contributed by atoms with Crippen molar-refractivity contribution in [3.05, 3.63) is 66.6 Å². The van der Waals surface area contributed by atoms with Crippen molar-refractivity contribution in [3.63, 3.8) is 0 Å². The molecule has 2 heterocycles. The van der Waals surface area contributed by atoms with Crippen LogP contribution >= 0.6 is 0 Å². The van der Waals surface area contributed by atoms with Gasteiger partial charge in [-0.1, -0.05) is 18.2 Å². The van der Waals surface area contributed by atoms with E-state index in [1.807, 2.05) is 0 Å². The third kappa shape index (κ3) is 4.54. The summed E-state index contributed by atoms with van der Waals surface area (Å²) in [6.45, 7) is 0. The van der Waals surface area contributed by atoms with Crippen LogP contribution in [0.25, 0.3) is 22.3 Å². The van der Waals surface area contributed by atoms with Crippen LogP contribution in [0.4, 0.5) is 16.0 Å². The van der Waals surface area contributed by atoms with Crippen LogP contribution in [0.3, 0.4) is 0 Å². The molecule has 2 aromatic carbocycles. The van der Waals surface area contributed by atoms with E-state index in [1.165, 1.54) is 34.3 Å². The number of hydrogen-bond donors (Lipinski definition) is 2. The third-order valence-electron chi connectivity index (χ3n) is 6.83. The molecular weight excluding hydrogens is 479 g/mol. The van der Waals surface area contributed by atoms with Crippen LogP contribution in [0.1, 0.15) is 25.7 Å². The number of fused-ring (bicyclic) bond motifs is 1. The van der Waals surface area contributed by atoms with Crippen molar-refractivity contribution in [2.45, 2.75) is 42.7 Å². The van der Waals surface area contributed by atoms with Crippen LogP contribution < -0.4 is 11.1 Å². The van der Waals surface area contributed by atoms with Gasteiger partial charge >= 0.3 is 0 Å². The van der Waals surface area contributed by atoms with Crippen molar-refractivity contribution < 1.29 is 12.8 Å². The Balaban J connectivity index is 1.60. The molecular formula is C26H29FN6O2S. The number of benzene rings is 2. The lowest BCUT2D eigenvalue weighted by Gasteiger charge is -2.32. The maximum Gasteiger partial charge on any atom is 0.269 e. The first-order valence-electron chi connectivity index (χ1n) is 11.9. The zero-order valence-corrected chi connectivity index (χ0v) is 21.0. The lowest BCUT2D eigenvalue weighted by molar-refractivity contribution is 0.221. The molecule has 5 rings (SSSR count). The molecule has 1 aliphatic carbocycles. The zero-order chi connectivity index (χ0) is 25.4. The molecule has 4 aromatic rings. The number of nitrogens with one attached hydrogen (secondary N) is 1. The Labute approximate surface area is 210 Å². The van der Waals surface area contributed by atoms with E-state index < -0.39 is 15.8 Å². The zero-order valence-electron chi connectivity index (χ0n) is 20.2. The van der Waals surface area contributed by atoms with Gasteiger partial charge in [-0.3, -0.25) is 0 Å². The van der Waals surface area contributed by atoms with Gasteiger partial charge < -0.3 is 16.0 Å². The Morgan fingerprint density at radius 2 is 1.78 bits per heavy atom. The molecule has 0 aliphatic heterocycles. The molecule has 0 spiro atoms. The maximum atomic E-state index is 13.9. The van der Waals surface area contributed by atoms with Gasteiger partial charge in [0.15, 0.2) is 5.65 Å². The van der Waals surface area contributed by atoms with Gasteiger partial charge in [0, 0.05) is 29.2 Å². The summed E-state index contributed by atoms with van der Waals surface area (Å²) in [7, 11) is 0.168. The highest BCUT2D eigenvalue weighted by Crippen LogP contribution is 2.33. The molecule has 0 unspecified atom stereocenters. The molecule has 8 nitrogen and oxygen atoms in total. The van der Waals surface area contributed by atoms with E-state index in [0.29, 0.717) is 28.6 Å². The summed E-state index contributed by atoms with van der Waals surface area (Å²) in [5.41, 5.74) is 6.78. The topological polar surface area (TPSA) is 106 Å². The summed E-state index contributed by atoms with van der Waals surface area (Å²) < 4.78 is 42.7. The lowest BCUT2D eigenvalue weighted by Crippen LogP contribution is -2.36.